The summed E-state index contributed by atoms with van der Waals surface area (Å²) in [5.74, 6) is 0. The maximum absolute atomic E-state index is 12.0. The van der Waals surface area contributed by atoms with Crippen molar-refractivity contribution in [3.05, 3.63) is 89.5 Å². The number of carbonyl (C=O) groups excluding carboxylic acids is 1. The first-order valence-corrected chi connectivity index (χ1v) is 10.3. The zero-order valence-electron chi connectivity index (χ0n) is 18.3. The molecule has 2 N–H and O–H groups in total. The van der Waals surface area contributed by atoms with Gasteiger partial charge in [0.1, 0.15) is 25.4 Å². The van der Waals surface area contributed by atoms with Crippen molar-refractivity contribution >= 4 is 6.16 Å². The third kappa shape index (κ3) is 5.00. The molecule has 13 heteroatoms. The van der Waals surface area contributed by atoms with Crippen molar-refractivity contribution in [2.75, 3.05) is 13.2 Å². The van der Waals surface area contributed by atoms with Crippen molar-refractivity contribution in [2.45, 2.75) is 38.5 Å². The second kappa shape index (κ2) is 9.49. The molecule has 0 amide bonds. The van der Waals surface area contributed by atoms with Gasteiger partial charge >= 0.3 is 17.5 Å². The quantitative estimate of drug-likeness (QED) is 0.425. The molecule has 4 rings (SSSR count). The molecule has 0 bridgehead atoms. The fourth-order valence-corrected chi connectivity index (χ4v) is 3.38. The molecule has 4 atom stereocenters. The Kier molecular flexibility index (Phi) is 6.47. The van der Waals surface area contributed by atoms with Gasteiger partial charge in [0, 0.05) is 23.5 Å². The zero-order chi connectivity index (χ0) is 24.4. The minimum absolute atomic E-state index is 0.154. The third-order valence-corrected chi connectivity index (χ3v) is 5.18. The Labute approximate surface area is 190 Å². The fourth-order valence-electron chi connectivity index (χ4n) is 3.38. The van der Waals surface area contributed by atoms with Crippen LogP contribution in [-0.2, 0) is 18.9 Å². The molecule has 0 radical (unpaired) electrons. The van der Waals surface area contributed by atoms with Gasteiger partial charge in [-0.05, 0) is 26.0 Å². The van der Waals surface area contributed by atoms with Crippen LogP contribution in [0.3, 0.4) is 0 Å². The third-order valence-electron chi connectivity index (χ3n) is 5.18. The van der Waals surface area contributed by atoms with E-state index in [0.29, 0.717) is 11.1 Å². The molecular formula is C21H22N4O9. The highest BCUT2D eigenvalue weighted by Gasteiger charge is 2.25. The van der Waals surface area contributed by atoms with E-state index in [4.69, 9.17) is 18.9 Å². The van der Waals surface area contributed by atoms with Crippen LogP contribution in [0.5, 0.6) is 0 Å². The number of H-pyrrole nitrogens is 2. The summed E-state index contributed by atoms with van der Waals surface area (Å²) in [5, 5.41) is 0. The Balaban J connectivity index is 1.22. The van der Waals surface area contributed by atoms with E-state index in [0.717, 1.165) is 0 Å². The number of aromatic amines is 2. The Morgan fingerprint density at radius 2 is 1.21 bits per heavy atom. The van der Waals surface area contributed by atoms with Crippen molar-refractivity contribution in [1.29, 1.82) is 0 Å². The lowest BCUT2D eigenvalue weighted by molar-refractivity contribution is -0.0465. The SMILES string of the molecule is Cc1cn([C@@H]2C=C[C@H](COC(=O)OC[C@@H]3C=C[C@H](n4cc(C)c(=O)[nH]c4=O)O3)O2)c(=O)[nH]c1=O. The number of carbonyl (C=O) groups is 1. The summed E-state index contributed by atoms with van der Waals surface area (Å²) in [6, 6.07) is 0. The highest BCUT2D eigenvalue weighted by molar-refractivity contribution is 5.59. The number of nitrogens with one attached hydrogen (secondary N) is 2. The van der Waals surface area contributed by atoms with E-state index >= 15 is 0 Å². The van der Waals surface area contributed by atoms with Gasteiger partial charge in [-0.25, -0.2) is 14.4 Å². The molecule has 0 aromatic carbocycles. The summed E-state index contributed by atoms with van der Waals surface area (Å²) in [6.07, 6.45) is 5.57. The standard InChI is InChI=1S/C21H22N4O9/c1-11-7-24(19(28)22-17(11)26)15-5-3-13(33-15)9-31-21(30)32-10-14-4-6-16(34-14)25-8-12(2)18(27)23-20(25)29/h3-8,13-16H,9-10H2,1-2H3,(H,22,26,28)(H,23,27,29)/t13-,14+,15+,16-. The largest absolute Gasteiger partial charge is 0.508 e. The van der Waals surface area contributed by atoms with Crippen LogP contribution in [0, 0.1) is 13.8 Å². The molecule has 2 aliphatic rings. The molecule has 0 fully saturated rings. The van der Waals surface area contributed by atoms with Crippen LogP contribution in [0.1, 0.15) is 23.6 Å². The minimum atomic E-state index is -0.949. The van der Waals surface area contributed by atoms with Crippen molar-refractivity contribution in [3.8, 4) is 0 Å². The van der Waals surface area contributed by atoms with Gasteiger partial charge in [-0.3, -0.25) is 28.7 Å². The lowest BCUT2D eigenvalue weighted by Crippen LogP contribution is -2.34. The molecule has 2 aliphatic heterocycles. The summed E-state index contributed by atoms with van der Waals surface area (Å²) >= 11 is 0. The van der Waals surface area contributed by atoms with Gasteiger partial charge in [0.05, 0.1) is 0 Å². The molecule has 180 valence electrons. The van der Waals surface area contributed by atoms with E-state index in [9.17, 15) is 24.0 Å². The lowest BCUT2D eigenvalue weighted by atomic mass is 10.3. The summed E-state index contributed by atoms with van der Waals surface area (Å²) in [7, 11) is 0. The maximum atomic E-state index is 12.0. The second-order valence-electron chi connectivity index (χ2n) is 7.73. The van der Waals surface area contributed by atoms with Crippen molar-refractivity contribution < 1.29 is 23.7 Å². The van der Waals surface area contributed by atoms with E-state index in [1.807, 2.05) is 0 Å². The molecule has 2 aromatic heterocycles. The van der Waals surface area contributed by atoms with Gasteiger partial charge in [-0.15, -0.1) is 0 Å². The molecule has 2 aromatic rings. The highest BCUT2D eigenvalue weighted by atomic mass is 16.7. The molecule has 0 saturated heterocycles. The summed E-state index contributed by atoms with van der Waals surface area (Å²) in [5.41, 5.74) is -1.48. The van der Waals surface area contributed by atoms with Gasteiger partial charge < -0.3 is 18.9 Å². The van der Waals surface area contributed by atoms with Gasteiger partial charge in [0.25, 0.3) is 11.1 Å². The predicted molar refractivity (Wildman–Crippen MR) is 116 cm³/mol. The number of ether oxygens (including phenoxy) is 4. The molecule has 0 saturated carbocycles. The van der Waals surface area contributed by atoms with Gasteiger partial charge in [0.2, 0.25) is 0 Å². The number of rotatable bonds is 6. The van der Waals surface area contributed by atoms with Crippen molar-refractivity contribution in [3.63, 3.8) is 0 Å². The Morgan fingerprint density at radius 3 is 1.62 bits per heavy atom. The first kappa shape index (κ1) is 23.2. The first-order chi connectivity index (χ1) is 16.2. The topological polar surface area (TPSA) is 164 Å². The fraction of sp³-hybridized carbons (Fsp3) is 0.381. The van der Waals surface area contributed by atoms with Crippen LogP contribution >= 0.6 is 0 Å². The van der Waals surface area contributed by atoms with Gasteiger partial charge in [-0.2, -0.15) is 0 Å². The van der Waals surface area contributed by atoms with Crippen LogP contribution in [0.4, 0.5) is 4.79 Å². The molecule has 13 nitrogen and oxygen atoms in total. The van der Waals surface area contributed by atoms with Crippen LogP contribution < -0.4 is 22.5 Å². The lowest BCUT2D eigenvalue weighted by Gasteiger charge is -2.17. The van der Waals surface area contributed by atoms with E-state index < -0.39 is 53.3 Å². The zero-order valence-corrected chi connectivity index (χ0v) is 18.3. The molecule has 34 heavy (non-hydrogen) atoms. The Hall–Kier alpha value is -3.97. The molecular weight excluding hydrogens is 452 g/mol. The number of hydrogen-bond acceptors (Lipinski definition) is 9. The van der Waals surface area contributed by atoms with E-state index in [-0.39, 0.29) is 13.2 Å². The monoisotopic (exact) mass is 474 g/mol. The normalized spacial score (nSPS) is 23.4. The van der Waals surface area contributed by atoms with E-state index in [1.165, 1.54) is 21.5 Å². The predicted octanol–water partition coefficient (Wildman–Crippen LogP) is -0.236. The average Bonchev–Trinajstić information content (AvgIpc) is 3.45. The van der Waals surface area contributed by atoms with Crippen LogP contribution in [0.15, 0.2) is 55.9 Å². The molecule has 0 aliphatic carbocycles. The van der Waals surface area contributed by atoms with Crippen molar-refractivity contribution in [2.24, 2.45) is 0 Å². The van der Waals surface area contributed by atoms with Crippen LogP contribution in [-0.4, -0.2) is 50.7 Å². The highest BCUT2D eigenvalue weighted by Crippen LogP contribution is 2.21. The van der Waals surface area contributed by atoms with Gasteiger partial charge in [0.15, 0.2) is 12.5 Å². The van der Waals surface area contributed by atoms with E-state index in [1.54, 1.807) is 38.2 Å². The second-order valence-corrected chi connectivity index (χ2v) is 7.73. The van der Waals surface area contributed by atoms with E-state index in [2.05, 4.69) is 9.97 Å². The summed E-state index contributed by atoms with van der Waals surface area (Å²) in [4.78, 5) is 63.2. The Morgan fingerprint density at radius 1 is 0.794 bits per heavy atom. The first-order valence-electron chi connectivity index (χ1n) is 10.3. The molecule has 0 unspecified atom stereocenters. The van der Waals surface area contributed by atoms with Gasteiger partial charge in [-0.1, -0.05) is 12.2 Å². The minimum Gasteiger partial charge on any atom is -0.431 e. The Bertz CT molecular complexity index is 1280. The molecule has 0 spiro atoms. The van der Waals surface area contributed by atoms with Crippen LogP contribution in [0.25, 0.3) is 0 Å². The molecule has 4 heterocycles. The summed E-state index contributed by atoms with van der Waals surface area (Å²) < 4.78 is 23.8. The van der Waals surface area contributed by atoms with Crippen LogP contribution in [0.2, 0.25) is 0 Å². The average molecular weight is 474 g/mol. The number of hydrogen-bond donors (Lipinski definition) is 2. The number of aryl methyl sites for hydroxylation is 2. The number of nitrogens with zero attached hydrogens (tertiary/aromatic N) is 2. The maximum Gasteiger partial charge on any atom is 0.508 e. The number of aromatic nitrogens is 4. The summed E-state index contributed by atoms with van der Waals surface area (Å²) in [6.45, 7) is 2.82. The van der Waals surface area contributed by atoms with Crippen molar-refractivity contribution in [1.82, 2.24) is 19.1 Å². The smallest absolute Gasteiger partial charge is 0.431 e.